The fourth-order valence-corrected chi connectivity index (χ4v) is 7.30. The molecule has 7 heteroatoms. The van der Waals surface area contributed by atoms with Crippen LogP contribution in [0.5, 0.6) is 17.2 Å². The number of rotatable bonds is 8. The van der Waals surface area contributed by atoms with Crippen molar-refractivity contribution in [2.75, 3.05) is 0 Å². The lowest BCUT2D eigenvalue weighted by Crippen LogP contribution is -2.37. The van der Waals surface area contributed by atoms with Gasteiger partial charge < -0.3 is 11.4 Å². The van der Waals surface area contributed by atoms with Gasteiger partial charge in [-0.15, -0.1) is 11.3 Å². The summed E-state index contributed by atoms with van der Waals surface area (Å²) in [5.74, 6) is 1.94. The van der Waals surface area contributed by atoms with Crippen LogP contribution in [0.2, 0.25) is 0 Å². The Morgan fingerprint density at radius 3 is 1.58 bits per heavy atom. The maximum Gasteiger partial charge on any atom is 1.20 e. The monoisotopic (exact) mass is 594 g/mol. The lowest BCUT2D eigenvalue weighted by molar-refractivity contribution is 0.310. The molecule has 0 saturated heterocycles. The molecule has 0 aliphatic heterocycles. The average Bonchev–Trinajstić information content (AvgIpc) is 3.53. The van der Waals surface area contributed by atoms with E-state index in [-0.39, 0.29) is 0 Å². The highest BCUT2D eigenvalue weighted by molar-refractivity contribution is 7.18. The van der Waals surface area contributed by atoms with Crippen LogP contribution in [-0.2, 0) is 0 Å². The van der Waals surface area contributed by atoms with Crippen LogP contribution < -0.4 is 11.4 Å². The molecule has 5 nitrogen and oxygen atoms in total. The number of hydrogen-bond acceptors (Lipinski definition) is 6. The zero-order valence-corrected chi connectivity index (χ0v) is 25.7. The lowest BCUT2D eigenvalue weighted by atomic mass is 10.1. The Hall–Kier alpha value is -4.67. The van der Waals surface area contributed by atoms with Gasteiger partial charge in [-0.3, -0.25) is 0 Å². The lowest BCUT2D eigenvalue weighted by Gasteiger charge is -2.18. The van der Waals surface area contributed by atoms with Crippen LogP contribution in [0.4, 0.5) is 0 Å². The SMILES string of the molecule is Cc1ccc2cccc([O][Al]([O]c3ccc(-c4ccc(-c5ccccc5)s4)cc3)[O]c3cccc4ccc(C)nc34)c2n1. The second kappa shape index (κ2) is 11.9. The third-order valence-electron chi connectivity index (χ3n) is 7.13. The van der Waals surface area contributed by atoms with E-state index in [1.807, 2.05) is 92.7 Å². The van der Waals surface area contributed by atoms with Gasteiger partial charge in [0.1, 0.15) is 22.5 Å². The van der Waals surface area contributed by atoms with Gasteiger partial charge in [0.25, 0.3) is 0 Å². The fourth-order valence-electron chi connectivity index (χ4n) is 4.96. The van der Waals surface area contributed by atoms with Gasteiger partial charge in [-0.05, 0) is 73.5 Å². The number of aryl methyl sites for hydroxylation is 2. The normalized spacial score (nSPS) is 11.0. The Morgan fingerprint density at radius 2 is 1.02 bits per heavy atom. The van der Waals surface area contributed by atoms with E-state index >= 15 is 0 Å². The highest BCUT2D eigenvalue weighted by Gasteiger charge is 2.45. The van der Waals surface area contributed by atoms with Crippen molar-refractivity contribution in [3.05, 3.63) is 139 Å². The summed E-state index contributed by atoms with van der Waals surface area (Å²) < 4.78 is 19.6. The number of benzene rings is 4. The van der Waals surface area contributed by atoms with Crippen LogP contribution >= 0.6 is 11.3 Å². The second-order valence-corrected chi connectivity index (χ2v) is 12.6. The molecule has 0 spiro atoms. The van der Waals surface area contributed by atoms with Crippen molar-refractivity contribution in [3.8, 4) is 38.1 Å². The molecule has 7 rings (SSSR count). The molecule has 0 fully saturated rings. The van der Waals surface area contributed by atoms with Gasteiger partial charge in [0.05, 0.1) is 5.75 Å². The van der Waals surface area contributed by atoms with Gasteiger partial charge in [0.2, 0.25) is 0 Å². The molecule has 0 unspecified atom stereocenters. The van der Waals surface area contributed by atoms with Gasteiger partial charge in [-0.1, -0.05) is 78.9 Å². The third kappa shape index (κ3) is 5.97. The predicted octanol–water partition coefficient (Wildman–Crippen LogP) is 9.32. The Morgan fingerprint density at radius 1 is 0.488 bits per heavy atom. The maximum atomic E-state index is 6.54. The quantitative estimate of drug-likeness (QED) is 0.164. The summed E-state index contributed by atoms with van der Waals surface area (Å²) in [6.45, 7) is 3.94. The van der Waals surface area contributed by atoms with Crippen molar-refractivity contribution < 1.29 is 11.4 Å². The van der Waals surface area contributed by atoms with Gasteiger partial charge in [0, 0.05) is 31.9 Å². The predicted molar refractivity (Wildman–Crippen MR) is 176 cm³/mol. The topological polar surface area (TPSA) is 53.5 Å². The molecule has 0 bridgehead atoms. The molecule has 0 atom stereocenters. The molecular formula is C36H27AlN2O3S. The van der Waals surface area contributed by atoms with Crippen molar-refractivity contribution in [1.82, 2.24) is 9.97 Å². The molecular weight excluding hydrogens is 567 g/mol. The molecule has 4 aromatic carbocycles. The molecule has 0 aliphatic rings. The molecule has 3 heterocycles. The molecule has 3 aromatic heterocycles. The van der Waals surface area contributed by atoms with Gasteiger partial charge >= 0.3 is 15.1 Å². The molecule has 43 heavy (non-hydrogen) atoms. The summed E-state index contributed by atoms with van der Waals surface area (Å²) in [7, 11) is 0. The van der Waals surface area contributed by atoms with Crippen molar-refractivity contribution in [2.45, 2.75) is 13.8 Å². The van der Waals surface area contributed by atoms with E-state index in [2.05, 4.69) is 48.5 Å². The maximum absolute atomic E-state index is 6.54. The smallest absolute Gasteiger partial charge is 0.577 e. The van der Waals surface area contributed by atoms with Crippen LogP contribution in [0.1, 0.15) is 11.4 Å². The fraction of sp³-hybridized carbons (Fsp3) is 0.0556. The van der Waals surface area contributed by atoms with E-state index in [4.69, 9.17) is 21.3 Å². The summed E-state index contributed by atoms with van der Waals surface area (Å²) in [6.07, 6.45) is 0. The van der Waals surface area contributed by atoms with Crippen LogP contribution in [0.25, 0.3) is 42.7 Å². The van der Waals surface area contributed by atoms with Gasteiger partial charge in [0.15, 0.2) is 0 Å². The second-order valence-electron chi connectivity index (χ2n) is 10.3. The van der Waals surface area contributed by atoms with Crippen LogP contribution in [-0.4, -0.2) is 25.1 Å². The van der Waals surface area contributed by atoms with E-state index in [9.17, 15) is 0 Å². The van der Waals surface area contributed by atoms with Crippen LogP contribution in [0, 0.1) is 13.8 Å². The Balaban J connectivity index is 1.19. The number of pyridine rings is 2. The van der Waals surface area contributed by atoms with Gasteiger partial charge in [-0.25, -0.2) is 9.97 Å². The molecule has 0 saturated carbocycles. The van der Waals surface area contributed by atoms with E-state index in [0.717, 1.165) is 38.8 Å². The summed E-state index contributed by atoms with van der Waals surface area (Å²) in [4.78, 5) is 11.9. The molecule has 0 N–H and O–H groups in total. The molecule has 0 radical (unpaired) electrons. The zero-order chi connectivity index (χ0) is 29.2. The van der Waals surface area contributed by atoms with Crippen molar-refractivity contribution in [3.63, 3.8) is 0 Å². The van der Waals surface area contributed by atoms with Crippen molar-refractivity contribution in [1.29, 1.82) is 0 Å². The molecule has 7 aromatic rings. The summed E-state index contributed by atoms with van der Waals surface area (Å²) >= 11 is -1.09. The first kappa shape index (κ1) is 27.2. The first-order chi connectivity index (χ1) is 21.1. The van der Waals surface area contributed by atoms with E-state index < -0.39 is 15.1 Å². The number of nitrogens with zero attached hydrogens (tertiary/aromatic N) is 2. The number of fused-ring (bicyclic) bond motifs is 2. The first-order valence-corrected chi connectivity index (χ1v) is 16.3. The van der Waals surface area contributed by atoms with Crippen LogP contribution in [0.3, 0.4) is 0 Å². The van der Waals surface area contributed by atoms with Gasteiger partial charge in [-0.2, -0.15) is 0 Å². The van der Waals surface area contributed by atoms with E-state index in [0.29, 0.717) is 17.2 Å². The third-order valence-corrected chi connectivity index (χ3v) is 9.67. The molecule has 0 amide bonds. The minimum absolute atomic E-state index is 0.630. The number of aromatic nitrogens is 2. The number of thiophene rings is 1. The minimum Gasteiger partial charge on any atom is -0.577 e. The minimum atomic E-state index is -2.86. The van der Waals surface area contributed by atoms with E-state index in [1.54, 1.807) is 11.3 Å². The zero-order valence-electron chi connectivity index (χ0n) is 23.7. The summed E-state index contributed by atoms with van der Waals surface area (Å²) in [5, 5.41) is 1.99. The first-order valence-electron chi connectivity index (χ1n) is 14.1. The summed E-state index contributed by atoms with van der Waals surface area (Å²) in [5.41, 5.74) is 5.73. The standard InChI is InChI=1S/C16H12OS.2C10H9NO.Al/c17-14-8-6-13(7-9-14)16-11-10-15(18-16)12-4-2-1-3-5-12;2*1-7-5-6-8-3-2-4-9(12)10(8)11-7;/h1-11,17H;2*2-6,12H,1H3;/q;;;+3/p-3. The molecule has 208 valence electrons. The number of hydrogen-bond donors (Lipinski definition) is 0. The van der Waals surface area contributed by atoms with Crippen molar-refractivity contribution in [2.24, 2.45) is 0 Å². The Bertz CT molecular complexity index is 1960. The average molecular weight is 595 g/mol. The summed E-state index contributed by atoms with van der Waals surface area (Å²) in [6, 6.07) is 42.8. The van der Waals surface area contributed by atoms with Crippen LogP contribution in [0.15, 0.2) is 127 Å². The van der Waals surface area contributed by atoms with Crippen molar-refractivity contribution >= 4 is 48.3 Å². The highest BCUT2D eigenvalue weighted by atomic mass is 32.1. The Labute approximate surface area is 259 Å². The Kier molecular flexibility index (Phi) is 7.53. The van der Waals surface area contributed by atoms with E-state index in [1.165, 1.54) is 15.3 Å². The highest BCUT2D eigenvalue weighted by Crippen LogP contribution is 2.35. The number of para-hydroxylation sites is 2. The largest absolute Gasteiger partial charge is 1.20 e. The molecule has 0 aliphatic carbocycles.